The van der Waals surface area contributed by atoms with Gasteiger partial charge in [0.15, 0.2) is 0 Å². The number of rotatable bonds is 7. The first kappa shape index (κ1) is 14.6. The second-order valence-electron chi connectivity index (χ2n) is 3.75. The summed E-state index contributed by atoms with van der Waals surface area (Å²) in [6.07, 6.45) is 4.17. The number of thioether (sulfide) groups is 1. The monoisotopic (exact) mass is 278 g/mol. The second kappa shape index (κ2) is 6.44. The molecule has 1 unspecified atom stereocenters. The Labute approximate surface area is 106 Å². The molecule has 0 fully saturated rings. The standard InChI is InChI=1S/C10H18N2O3S2/c1-8(16-2)3-4-12-17(14,15)10-5-9(7-13)11-6-10/h5-6,8,11-13H,3-4,7H2,1-2H3. The molecule has 1 rings (SSSR count). The topological polar surface area (TPSA) is 82.2 Å². The summed E-state index contributed by atoms with van der Waals surface area (Å²) in [7, 11) is -3.46. The smallest absolute Gasteiger partial charge is 0.242 e. The molecule has 5 nitrogen and oxygen atoms in total. The van der Waals surface area contributed by atoms with Gasteiger partial charge in [-0.2, -0.15) is 11.8 Å². The summed E-state index contributed by atoms with van der Waals surface area (Å²) in [6.45, 7) is 2.28. The minimum Gasteiger partial charge on any atom is -0.390 e. The van der Waals surface area contributed by atoms with Crippen LogP contribution in [0.3, 0.4) is 0 Å². The summed E-state index contributed by atoms with van der Waals surface area (Å²) in [6, 6.07) is 1.43. The predicted octanol–water partition coefficient (Wildman–Crippen LogP) is 0.927. The summed E-state index contributed by atoms with van der Waals surface area (Å²) in [5.74, 6) is 0. The summed E-state index contributed by atoms with van der Waals surface area (Å²) >= 11 is 1.70. The Morgan fingerprint density at radius 1 is 1.59 bits per heavy atom. The van der Waals surface area contributed by atoms with Crippen LogP contribution in [0.25, 0.3) is 0 Å². The van der Waals surface area contributed by atoms with Gasteiger partial charge in [0.2, 0.25) is 10.0 Å². The molecule has 0 aliphatic heterocycles. The SMILES string of the molecule is CSC(C)CCNS(=O)(=O)c1c[nH]c(CO)c1. The summed E-state index contributed by atoms with van der Waals surface area (Å²) < 4.78 is 26.2. The molecule has 98 valence electrons. The lowest BCUT2D eigenvalue weighted by Crippen LogP contribution is -2.25. The Kier molecular flexibility index (Phi) is 5.51. The average Bonchev–Trinajstić information content (AvgIpc) is 2.77. The van der Waals surface area contributed by atoms with Gasteiger partial charge in [0.05, 0.1) is 11.5 Å². The number of aliphatic hydroxyl groups excluding tert-OH is 1. The van der Waals surface area contributed by atoms with E-state index in [4.69, 9.17) is 5.11 Å². The molecular weight excluding hydrogens is 260 g/mol. The van der Waals surface area contributed by atoms with Crippen LogP contribution in [-0.2, 0) is 16.6 Å². The third-order valence-corrected chi connectivity index (χ3v) is 4.92. The van der Waals surface area contributed by atoms with Crippen LogP contribution in [-0.4, -0.2) is 36.6 Å². The number of hydrogen-bond acceptors (Lipinski definition) is 4. The van der Waals surface area contributed by atoms with Crippen molar-refractivity contribution in [3.05, 3.63) is 18.0 Å². The summed E-state index contributed by atoms with van der Waals surface area (Å²) in [5.41, 5.74) is 0.489. The van der Waals surface area contributed by atoms with E-state index < -0.39 is 10.0 Å². The van der Waals surface area contributed by atoms with Crippen molar-refractivity contribution < 1.29 is 13.5 Å². The summed E-state index contributed by atoms with van der Waals surface area (Å²) in [4.78, 5) is 2.86. The minimum absolute atomic E-state index is 0.165. The van der Waals surface area contributed by atoms with Crippen molar-refractivity contribution in [1.82, 2.24) is 9.71 Å². The molecule has 0 saturated carbocycles. The Bertz CT molecular complexity index is 442. The van der Waals surface area contributed by atoms with E-state index in [1.165, 1.54) is 12.3 Å². The molecule has 3 N–H and O–H groups in total. The van der Waals surface area contributed by atoms with Crippen molar-refractivity contribution in [2.24, 2.45) is 0 Å². The molecule has 1 aromatic heterocycles. The highest BCUT2D eigenvalue weighted by atomic mass is 32.2. The molecule has 1 atom stereocenters. The van der Waals surface area contributed by atoms with Crippen LogP contribution >= 0.6 is 11.8 Å². The first-order chi connectivity index (χ1) is 7.99. The fraction of sp³-hybridized carbons (Fsp3) is 0.600. The van der Waals surface area contributed by atoms with Crippen molar-refractivity contribution in [2.75, 3.05) is 12.8 Å². The van der Waals surface area contributed by atoms with Gasteiger partial charge in [0.25, 0.3) is 0 Å². The third kappa shape index (κ3) is 4.34. The van der Waals surface area contributed by atoms with Crippen LogP contribution in [0.1, 0.15) is 19.0 Å². The zero-order valence-corrected chi connectivity index (χ0v) is 11.6. The van der Waals surface area contributed by atoms with E-state index in [-0.39, 0.29) is 11.5 Å². The van der Waals surface area contributed by atoms with Crippen LogP contribution in [0.15, 0.2) is 17.2 Å². The van der Waals surface area contributed by atoms with Gasteiger partial charge in [-0.1, -0.05) is 6.92 Å². The fourth-order valence-corrected chi connectivity index (χ4v) is 2.68. The van der Waals surface area contributed by atoms with Crippen molar-refractivity contribution >= 4 is 21.8 Å². The second-order valence-corrected chi connectivity index (χ2v) is 6.79. The van der Waals surface area contributed by atoms with Gasteiger partial charge < -0.3 is 10.1 Å². The summed E-state index contributed by atoms with van der Waals surface area (Å²) in [5, 5.41) is 9.28. The maximum absolute atomic E-state index is 11.8. The molecule has 7 heteroatoms. The maximum atomic E-state index is 11.8. The Balaban J connectivity index is 2.56. The normalized spacial score (nSPS) is 13.8. The third-order valence-electron chi connectivity index (χ3n) is 2.44. The number of hydrogen-bond donors (Lipinski definition) is 3. The lowest BCUT2D eigenvalue weighted by molar-refractivity contribution is 0.277. The van der Waals surface area contributed by atoms with Gasteiger partial charge in [-0.3, -0.25) is 0 Å². The van der Waals surface area contributed by atoms with Gasteiger partial charge in [-0.15, -0.1) is 0 Å². The van der Waals surface area contributed by atoms with E-state index in [9.17, 15) is 8.42 Å². The number of nitrogens with one attached hydrogen (secondary N) is 2. The van der Waals surface area contributed by atoms with Gasteiger partial charge in [0.1, 0.15) is 0 Å². The number of aromatic amines is 1. The number of aromatic nitrogens is 1. The highest BCUT2D eigenvalue weighted by Gasteiger charge is 2.15. The molecule has 0 aliphatic rings. The Hall–Kier alpha value is -0.500. The van der Waals surface area contributed by atoms with E-state index in [1.54, 1.807) is 11.8 Å². The molecule has 0 amide bonds. The van der Waals surface area contributed by atoms with Gasteiger partial charge in [-0.25, -0.2) is 13.1 Å². The molecule has 1 aromatic rings. The van der Waals surface area contributed by atoms with E-state index >= 15 is 0 Å². The van der Waals surface area contributed by atoms with Crippen LogP contribution in [0.2, 0.25) is 0 Å². The Morgan fingerprint density at radius 3 is 2.82 bits per heavy atom. The average molecular weight is 278 g/mol. The van der Waals surface area contributed by atoms with E-state index in [0.717, 1.165) is 6.42 Å². The van der Waals surface area contributed by atoms with Crippen molar-refractivity contribution in [3.8, 4) is 0 Å². The molecule has 17 heavy (non-hydrogen) atoms. The first-order valence-electron chi connectivity index (χ1n) is 5.30. The number of H-pyrrole nitrogens is 1. The first-order valence-corrected chi connectivity index (χ1v) is 8.07. The lowest BCUT2D eigenvalue weighted by atomic mass is 10.3. The molecule has 0 bridgehead atoms. The molecule has 0 aromatic carbocycles. The van der Waals surface area contributed by atoms with E-state index in [1.807, 2.05) is 6.26 Å². The van der Waals surface area contributed by atoms with Gasteiger partial charge in [-0.05, 0) is 18.7 Å². The molecule has 0 saturated heterocycles. The molecule has 0 spiro atoms. The van der Waals surface area contributed by atoms with Crippen molar-refractivity contribution in [3.63, 3.8) is 0 Å². The van der Waals surface area contributed by atoms with Gasteiger partial charge in [0, 0.05) is 23.7 Å². The van der Waals surface area contributed by atoms with E-state index in [0.29, 0.717) is 17.5 Å². The minimum atomic E-state index is -3.46. The molecule has 1 heterocycles. The number of sulfonamides is 1. The zero-order valence-electron chi connectivity index (χ0n) is 9.93. The molecular formula is C10H18N2O3S2. The quantitative estimate of drug-likeness (QED) is 0.693. The van der Waals surface area contributed by atoms with Crippen molar-refractivity contribution in [1.29, 1.82) is 0 Å². The van der Waals surface area contributed by atoms with Crippen LogP contribution in [0.5, 0.6) is 0 Å². The maximum Gasteiger partial charge on any atom is 0.242 e. The van der Waals surface area contributed by atoms with Crippen LogP contribution < -0.4 is 4.72 Å². The molecule has 0 radical (unpaired) electrons. The van der Waals surface area contributed by atoms with Crippen LogP contribution in [0, 0.1) is 0 Å². The zero-order chi connectivity index (χ0) is 12.9. The lowest BCUT2D eigenvalue weighted by Gasteiger charge is -2.08. The molecule has 0 aliphatic carbocycles. The van der Waals surface area contributed by atoms with Gasteiger partial charge >= 0.3 is 0 Å². The highest BCUT2D eigenvalue weighted by molar-refractivity contribution is 7.99. The predicted molar refractivity (Wildman–Crippen MR) is 69.5 cm³/mol. The van der Waals surface area contributed by atoms with E-state index in [2.05, 4.69) is 16.6 Å². The van der Waals surface area contributed by atoms with Crippen molar-refractivity contribution in [2.45, 2.75) is 30.1 Å². The largest absolute Gasteiger partial charge is 0.390 e. The highest BCUT2D eigenvalue weighted by Crippen LogP contribution is 2.12. The van der Waals surface area contributed by atoms with Crippen LogP contribution in [0.4, 0.5) is 0 Å². The number of aliphatic hydroxyl groups is 1. The Morgan fingerprint density at radius 2 is 2.29 bits per heavy atom. The fourth-order valence-electron chi connectivity index (χ4n) is 1.26.